The highest BCUT2D eigenvalue weighted by Crippen LogP contribution is 2.59. The summed E-state index contributed by atoms with van der Waals surface area (Å²) in [7, 11) is -0.889. The van der Waals surface area contributed by atoms with Gasteiger partial charge in [-0.25, -0.2) is 4.39 Å². The van der Waals surface area contributed by atoms with Crippen LogP contribution in [-0.2, 0) is 4.79 Å². The van der Waals surface area contributed by atoms with Crippen LogP contribution in [0.3, 0.4) is 0 Å². The van der Waals surface area contributed by atoms with Gasteiger partial charge in [-0.05, 0) is 37.6 Å². The molecule has 178 valence electrons. The van der Waals surface area contributed by atoms with Gasteiger partial charge < -0.3 is 20.1 Å². The molecule has 3 atom stereocenters. The van der Waals surface area contributed by atoms with E-state index in [2.05, 4.69) is 5.32 Å². The van der Waals surface area contributed by atoms with Crippen molar-refractivity contribution in [3.63, 3.8) is 0 Å². The molecule has 5 nitrogen and oxygen atoms in total. The summed E-state index contributed by atoms with van der Waals surface area (Å²) in [6.45, 7) is 0.937. The summed E-state index contributed by atoms with van der Waals surface area (Å²) in [5, 5.41) is 19.9. The lowest BCUT2D eigenvalue weighted by atomic mass is 9.80. The molecule has 0 aliphatic carbocycles. The summed E-state index contributed by atoms with van der Waals surface area (Å²) < 4.78 is 72.0. The SMILES string of the molecule is COc1c(C2CC(C)(C(F)(F)F)SC2C(=O)Nc2ccc(Cl)c(B(O)O)c2)ccc(F)c1F. The van der Waals surface area contributed by atoms with Gasteiger partial charge in [0.1, 0.15) is 4.75 Å². The van der Waals surface area contributed by atoms with Gasteiger partial charge in [0, 0.05) is 27.7 Å². The number of hydrogen-bond acceptors (Lipinski definition) is 5. The van der Waals surface area contributed by atoms with Crippen molar-refractivity contribution in [1.82, 2.24) is 0 Å². The van der Waals surface area contributed by atoms with Crippen LogP contribution in [0.5, 0.6) is 5.75 Å². The van der Waals surface area contributed by atoms with E-state index in [-0.39, 0.29) is 21.7 Å². The van der Waals surface area contributed by atoms with Gasteiger partial charge in [-0.3, -0.25) is 4.79 Å². The highest BCUT2D eigenvalue weighted by molar-refractivity contribution is 8.02. The first-order chi connectivity index (χ1) is 15.3. The lowest BCUT2D eigenvalue weighted by Gasteiger charge is -2.26. The molecule has 3 N–H and O–H groups in total. The number of halogens is 6. The largest absolute Gasteiger partial charge is 0.493 e. The molecule has 0 aromatic heterocycles. The van der Waals surface area contributed by atoms with Crippen molar-refractivity contribution in [3.8, 4) is 5.75 Å². The second kappa shape index (κ2) is 9.32. The first-order valence-corrected chi connectivity index (χ1v) is 10.8. The molecule has 2 aromatic carbocycles. The average molecular weight is 510 g/mol. The van der Waals surface area contributed by atoms with Crippen LogP contribution < -0.4 is 15.5 Å². The van der Waals surface area contributed by atoms with Crippen LogP contribution in [0.25, 0.3) is 0 Å². The highest BCUT2D eigenvalue weighted by Gasteiger charge is 2.60. The minimum atomic E-state index is -4.69. The molecule has 0 bridgehead atoms. The quantitative estimate of drug-likeness (QED) is 0.422. The van der Waals surface area contributed by atoms with Crippen LogP contribution in [-0.4, -0.2) is 46.4 Å². The van der Waals surface area contributed by atoms with Gasteiger partial charge in [-0.15, -0.1) is 11.8 Å². The molecule has 1 saturated heterocycles. The zero-order valence-corrected chi connectivity index (χ0v) is 18.8. The van der Waals surface area contributed by atoms with Gasteiger partial charge in [-0.1, -0.05) is 17.7 Å². The van der Waals surface area contributed by atoms with Crippen molar-refractivity contribution >= 4 is 47.5 Å². The first kappa shape index (κ1) is 25.6. The van der Waals surface area contributed by atoms with Crippen molar-refractivity contribution in [1.29, 1.82) is 0 Å². The summed E-state index contributed by atoms with van der Waals surface area (Å²) in [4.78, 5) is 13.1. The Morgan fingerprint density at radius 1 is 1.27 bits per heavy atom. The third kappa shape index (κ3) is 4.93. The maximum atomic E-state index is 14.3. The fraction of sp³-hybridized carbons (Fsp3) is 0.350. The van der Waals surface area contributed by atoms with E-state index >= 15 is 0 Å². The van der Waals surface area contributed by atoms with Crippen LogP contribution in [0.2, 0.25) is 5.02 Å². The Balaban J connectivity index is 2.01. The van der Waals surface area contributed by atoms with Crippen LogP contribution in [0.15, 0.2) is 30.3 Å². The number of carbonyl (C=O) groups excluding carboxylic acids is 1. The molecule has 0 spiro atoms. The van der Waals surface area contributed by atoms with E-state index in [4.69, 9.17) is 16.3 Å². The number of amides is 1. The maximum absolute atomic E-state index is 14.3. The first-order valence-electron chi connectivity index (χ1n) is 9.52. The van der Waals surface area contributed by atoms with Crippen molar-refractivity contribution in [2.24, 2.45) is 0 Å². The average Bonchev–Trinajstić information content (AvgIpc) is 3.10. The van der Waals surface area contributed by atoms with E-state index in [1.165, 1.54) is 18.2 Å². The van der Waals surface area contributed by atoms with Crippen molar-refractivity contribution in [3.05, 3.63) is 52.6 Å². The van der Waals surface area contributed by atoms with Crippen LogP contribution in [0.1, 0.15) is 24.8 Å². The topological polar surface area (TPSA) is 78.8 Å². The molecule has 1 fully saturated rings. The van der Waals surface area contributed by atoms with E-state index < -0.39 is 58.9 Å². The third-order valence-corrected chi connectivity index (χ3v) is 7.50. The number of benzene rings is 2. The predicted molar refractivity (Wildman–Crippen MR) is 116 cm³/mol. The van der Waals surface area contributed by atoms with Gasteiger partial charge in [0.15, 0.2) is 11.6 Å². The van der Waals surface area contributed by atoms with Crippen molar-refractivity contribution < 1.29 is 41.5 Å². The number of carbonyl (C=O) groups is 1. The molecule has 1 heterocycles. The summed E-state index contributed by atoms with van der Waals surface area (Å²) in [5.74, 6) is -5.18. The number of alkyl halides is 3. The number of thioether (sulfide) groups is 1. The Hall–Kier alpha value is -2.02. The van der Waals surface area contributed by atoms with Crippen LogP contribution >= 0.6 is 23.4 Å². The van der Waals surface area contributed by atoms with Gasteiger partial charge in [0.2, 0.25) is 11.7 Å². The molecule has 1 aliphatic rings. The summed E-state index contributed by atoms with van der Waals surface area (Å²) in [6, 6.07) is 5.66. The van der Waals surface area contributed by atoms with Gasteiger partial charge in [-0.2, -0.15) is 17.6 Å². The Bertz CT molecular complexity index is 1070. The number of methoxy groups -OCH3 is 1. The Morgan fingerprint density at radius 2 is 1.94 bits per heavy atom. The number of ether oxygens (including phenoxy) is 1. The van der Waals surface area contributed by atoms with E-state index in [1.807, 2.05) is 0 Å². The van der Waals surface area contributed by atoms with Gasteiger partial charge >= 0.3 is 13.3 Å². The van der Waals surface area contributed by atoms with Gasteiger partial charge in [0.25, 0.3) is 0 Å². The van der Waals surface area contributed by atoms with Crippen LogP contribution in [0.4, 0.5) is 27.6 Å². The second-order valence-corrected chi connectivity index (χ2v) is 9.71. The van der Waals surface area contributed by atoms with Crippen molar-refractivity contribution in [2.75, 3.05) is 12.4 Å². The molecular formula is C20H18BClF5NO4S. The Labute approximate surface area is 195 Å². The lowest BCUT2D eigenvalue weighted by Crippen LogP contribution is -2.37. The van der Waals surface area contributed by atoms with E-state index in [9.17, 15) is 36.8 Å². The second-order valence-electron chi connectivity index (χ2n) is 7.66. The number of hydrogen-bond donors (Lipinski definition) is 3. The molecule has 33 heavy (non-hydrogen) atoms. The molecule has 0 saturated carbocycles. The molecule has 3 rings (SSSR count). The number of rotatable bonds is 5. The van der Waals surface area contributed by atoms with Crippen LogP contribution in [0, 0.1) is 11.6 Å². The molecule has 1 amide bonds. The molecule has 2 aromatic rings. The number of anilines is 1. The molecule has 3 unspecified atom stereocenters. The number of nitrogens with one attached hydrogen (secondary N) is 1. The summed E-state index contributed by atoms with van der Waals surface area (Å²) in [5.41, 5.74) is -0.128. The minimum absolute atomic E-state index is 0.00675. The predicted octanol–water partition coefficient (Wildman–Crippen LogP) is 3.86. The van der Waals surface area contributed by atoms with E-state index in [0.29, 0.717) is 11.8 Å². The standard InChI is InChI=1S/C20H18BClF5NO4S/c1-19(20(25,26)27)8-11(10-4-6-14(23)15(24)16(10)32-2)17(33-19)18(29)28-9-3-5-13(22)12(7-9)21(30)31/h3-7,11,17,30-31H,8H2,1-2H3,(H,28,29). The minimum Gasteiger partial charge on any atom is -0.493 e. The van der Waals surface area contributed by atoms with Gasteiger partial charge in [0.05, 0.1) is 12.4 Å². The zero-order chi connectivity index (χ0) is 24.7. The third-order valence-electron chi connectivity index (χ3n) is 5.45. The monoisotopic (exact) mass is 509 g/mol. The Morgan fingerprint density at radius 3 is 2.52 bits per heavy atom. The fourth-order valence-electron chi connectivity index (χ4n) is 3.71. The summed E-state index contributed by atoms with van der Waals surface area (Å²) in [6.07, 6.45) is -5.27. The lowest BCUT2D eigenvalue weighted by molar-refractivity contribution is -0.155. The molecular weight excluding hydrogens is 492 g/mol. The summed E-state index contributed by atoms with van der Waals surface area (Å²) >= 11 is 6.22. The molecule has 1 aliphatic heterocycles. The maximum Gasteiger partial charge on any atom is 0.490 e. The molecule has 13 heteroatoms. The normalized spacial score (nSPS) is 22.8. The van der Waals surface area contributed by atoms with Crippen molar-refractivity contribution in [2.45, 2.75) is 35.4 Å². The zero-order valence-electron chi connectivity index (χ0n) is 17.2. The highest BCUT2D eigenvalue weighted by atomic mass is 35.5. The molecule has 0 radical (unpaired) electrons. The fourth-order valence-corrected chi connectivity index (χ4v) is 5.47. The Kier molecular flexibility index (Phi) is 7.23. The van der Waals surface area contributed by atoms with E-state index in [1.54, 1.807) is 0 Å². The smallest absolute Gasteiger partial charge is 0.490 e. The van der Waals surface area contributed by atoms with E-state index in [0.717, 1.165) is 26.2 Å².